The van der Waals surface area contributed by atoms with E-state index in [-0.39, 0.29) is 20.5 Å². The van der Waals surface area contributed by atoms with Gasteiger partial charge < -0.3 is 0 Å². The van der Waals surface area contributed by atoms with Gasteiger partial charge in [0.15, 0.2) is 5.13 Å². The first-order chi connectivity index (χ1) is 14.5. The van der Waals surface area contributed by atoms with Crippen LogP contribution < -0.4 is 10.5 Å². The van der Waals surface area contributed by atoms with Gasteiger partial charge in [-0.25, -0.2) is 31.3 Å². The summed E-state index contributed by atoms with van der Waals surface area (Å²) >= 11 is 1.10. The van der Waals surface area contributed by atoms with Gasteiger partial charge in [-0.3, -0.25) is 10.1 Å². The highest BCUT2D eigenvalue weighted by atomic mass is 32.2. The lowest BCUT2D eigenvalue weighted by Gasteiger charge is -2.16. The molecule has 1 heterocycles. The topological polar surface area (TPSA) is 140 Å². The van der Waals surface area contributed by atoms with Gasteiger partial charge in [-0.2, -0.15) is 0 Å². The molecule has 0 fully saturated rings. The maximum Gasteiger partial charge on any atom is 0.257 e. The Bertz CT molecular complexity index is 1320. The molecule has 0 unspecified atom stereocenters. The van der Waals surface area contributed by atoms with Gasteiger partial charge in [-0.1, -0.05) is 24.7 Å². The second-order valence-electron chi connectivity index (χ2n) is 6.85. The molecule has 0 saturated carbocycles. The summed E-state index contributed by atoms with van der Waals surface area (Å²) in [5.74, 6) is -0.464. The number of unbranched alkanes of at least 4 members (excludes halogenated alkanes) is 1. The van der Waals surface area contributed by atoms with Gasteiger partial charge >= 0.3 is 0 Å². The van der Waals surface area contributed by atoms with Gasteiger partial charge in [0.05, 0.1) is 20.0 Å². The second-order valence-corrected chi connectivity index (χ2v) is 11.5. The summed E-state index contributed by atoms with van der Waals surface area (Å²) in [5.41, 5.74) is 0.781. The van der Waals surface area contributed by atoms with Gasteiger partial charge in [0, 0.05) is 19.2 Å². The maximum atomic E-state index is 12.6. The molecule has 3 N–H and O–H groups in total. The van der Waals surface area contributed by atoms with Gasteiger partial charge in [0.2, 0.25) is 20.0 Å². The molecular formula is C19H22N4O5S3. The van der Waals surface area contributed by atoms with E-state index >= 15 is 0 Å². The van der Waals surface area contributed by atoms with Crippen LogP contribution in [0, 0.1) is 0 Å². The summed E-state index contributed by atoms with van der Waals surface area (Å²) in [5, 5.41) is 8.06. The van der Waals surface area contributed by atoms with Crippen molar-refractivity contribution in [3.63, 3.8) is 0 Å². The number of nitrogens with one attached hydrogen (secondary N) is 1. The second kappa shape index (κ2) is 9.01. The molecule has 0 aliphatic heterocycles. The van der Waals surface area contributed by atoms with E-state index in [4.69, 9.17) is 5.14 Å². The third-order valence-corrected chi connectivity index (χ3v) is 8.28. The van der Waals surface area contributed by atoms with Crippen molar-refractivity contribution in [2.75, 3.05) is 18.9 Å². The highest BCUT2D eigenvalue weighted by Crippen LogP contribution is 2.28. The Balaban J connectivity index is 1.76. The van der Waals surface area contributed by atoms with Crippen LogP contribution in [0.15, 0.2) is 52.3 Å². The Morgan fingerprint density at radius 2 is 1.74 bits per heavy atom. The number of nitrogens with two attached hydrogens (primary N) is 1. The number of sulfonamides is 2. The van der Waals surface area contributed by atoms with Crippen molar-refractivity contribution < 1.29 is 21.6 Å². The van der Waals surface area contributed by atoms with Crippen molar-refractivity contribution in [2.45, 2.75) is 29.6 Å². The number of nitrogens with zero attached hydrogens (tertiary/aromatic N) is 2. The minimum absolute atomic E-state index is 0.0396. The predicted octanol–water partition coefficient (Wildman–Crippen LogP) is 2.62. The Morgan fingerprint density at radius 1 is 1.10 bits per heavy atom. The molecule has 0 radical (unpaired) electrons. The summed E-state index contributed by atoms with van der Waals surface area (Å²) < 4.78 is 50.0. The van der Waals surface area contributed by atoms with Crippen molar-refractivity contribution in [2.24, 2.45) is 5.14 Å². The summed E-state index contributed by atoms with van der Waals surface area (Å²) in [4.78, 5) is 16.9. The van der Waals surface area contributed by atoms with Gasteiger partial charge in [0.25, 0.3) is 5.91 Å². The highest BCUT2D eigenvalue weighted by molar-refractivity contribution is 7.89. The number of carbonyl (C=O) groups excluding carboxylic acids is 1. The molecule has 0 spiro atoms. The van der Waals surface area contributed by atoms with E-state index in [1.54, 1.807) is 0 Å². The van der Waals surface area contributed by atoms with Crippen molar-refractivity contribution in [3.05, 3.63) is 48.0 Å². The average Bonchev–Trinajstić information content (AvgIpc) is 3.12. The van der Waals surface area contributed by atoms with E-state index in [1.165, 1.54) is 53.8 Å². The third-order valence-electron chi connectivity index (χ3n) is 4.56. The van der Waals surface area contributed by atoms with Crippen LogP contribution in [0.25, 0.3) is 10.2 Å². The quantitative estimate of drug-likeness (QED) is 0.506. The molecular weight excluding hydrogens is 460 g/mol. The zero-order valence-corrected chi connectivity index (χ0v) is 19.4. The van der Waals surface area contributed by atoms with Crippen LogP contribution in [0.2, 0.25) is 0 Å². The summed E-state index contributed by atoms with van der Waals surface area (Å²) in [6.07, 6.45) is 1.64. The summed E-state index contributed by atoms with van der Waals surface area (Å²) in [6, 6.07) is 9.90. The number of thiazole rings is 1. The van der Waals surface area contributed by atoms with E-state index in [1.807, 2.05) is 6.92 Å². The molecule has 2 aromatic carbocycles. The Kier molecular flexibility index (Phi) is 6.76. The van der Waals surface area contributed by atoms with Gasteiger partial charge in [-0.15, -0.1) is 0 Å². The SMILES string of the molecule is CCCCN(C)S(=O)(=O)c1ccc(C(=O)Nc2nc3ccc(S(N)(=O)=O)cc3s2)cc1. The lowest BCUT2D eigenvalue weighted by molar-refractivity contribution is 0.102. The lowest BCUT2D eigenvalue weighted by atomic mass is 10.2. The van der Waals surface area contributed by atoms with E-state index < -0.39 is 26.0 Å². The Labute approximate surface area is 185 Å². The standard InChI is InChI=1S/C19H22N4O5S3/c1-3-4-11-23(2)31(27,28)14-7-5-13(6-8-14)18(24)22-19-21-16-10-9-15(30(20,25)26)12-17(16)29-19/h5-10,12H,3-4,11H2,1-2H3,(H2,20,25,26)(H,21,22,24). The number of fused-ring (bicyclic) bond motifs is 1. The van der Waals surface area contributed by atoms with Crippen LogP contribution >= 0.6 is 11.3 Å². The Hall–Kier alpha value is -2.38. The minimum Gasteiger partial charge on any atom is -0.298 e. The predicted molar refractivity (Wildman–Crippen MR) is 120 cm³/mol. The van der Waals surface area contributed by atoms with Crippen molar-refractivity contribution in [3.8, 4) is 0 Å². The molecule has 3 aromatic rings. The molecule has 1 amide bonds. The summed E-state index contributed by atoms with van der Waals surface area (Å²) in [7, 11) is -5.93. The number of primary sulfonamides is 1. The molecule has 12 heteroatoms. The molecule has 1 aromatic heterocycles. The zero-order valence-electron chi connectivity index (χ0n) is 16.9. The number of amides is 1. The first kappa shape index (κ1) is 23.3. The largest absolute Gasteiger partial charge is 0.298 e. The van der Waals surface area contributed by atoms with E-state index in [9.17, 15) is 21.6 Å². The van der Waals surface area contributed by atoms with E-state index in [2.05, 4.69) is 10.3 Å². The number of aromatic nitrogens is 1. The maximum absolute atomic E-state index is 12.6. The van der Waals surface area contributed by atoms with Crippen molar-refractivity contribution in [1.29, 1.82) is 0 Å². The van der Waals surface area contributed by atoms with Crippen molar-refractivity contribution >= 4 is 52.6 Å². The van der Waals surface area contributed by atoms with Crippen LogP contribution in [0.4, 0.5) is 5.13 Å². The van der Waals surface area contributed by atoms with Gasteiger partial charge in [-0.05, 0) is 48.9 Å². The van der Waals surface area contributed by atoms with Crippen molar-refractivity contribution in [1.82, 2.24) is 9.29 Å². The zero-order chi connectivity index (χ0) is 22.8. The van der Waals surface area contributed by atoms with Crippen LogP contribution in [0.3, 0.4) is 0 Å². The van der Waals surface area contributed by atoms with Gasteiger partial charge in [0.1, 0.15) is 0 Å². The van der Waals surface area contributed by atoms with Crippen LogP contribution in [0.1, 0.15) is 30.1 Å². The number of anilines is 1. The van der Waals surface area contributed by atoms with Crippen LogP contribution in [-0.4, -0.2) is 45.6 Å². The van der Waals surface area contributed by atoms with Crippen LogP contribution in [-0.2, 0) is 20.0 Å². The molecule has 0 aliphatic rings. The average molecular weight is 483 g/mol. The Morgan fingerprint density at radius 3 is 2.35 bits per heavy atom. The monoisotopic (exact) mass is 482 g/mol. The number of hydrogen-bond acceptors (Lipinski definition) is 7. The molecule has 31 heavy (non-hydrogen) atoms. The fourth-order valence-corrected chi connectivity index (χ4v) is 5.49. The van der Waals surface area contributed by atoms with E-state index in [0.29, 0.717) is 16.8 Å². The highest BCUT2D eigenvalue weighted by Gasteiger charge is 2.21. The number of carbonyl (C=O) groups is 1. The molecule has 166 valence electrons. The molecule has 0 aliphatic carbocycles. The first-order valence-corrected chi connectivity index (χ1v) is 13.1. The number of benzene rings is 2. The summed E-state index contributed by atoms with van der Waals surface area (Å²) in [6.45, 7) is 2.41. The fraction of sp³-hybridized carbons (Fsp3) is 0.263. The van der Waals surface area contributed by atoms with E-state index in [0.717, 1.165) is 24.2 Å². The molecule has 0 saturated heterocycles. The molecule has 0 atom stereocenters. The molecule has 0 bridgehead atoms. The number of hydrogen-bond donors (Lipinski definition) is 2. The third kappa shape index (κ3) is 5.28. The number of rotatable bonds is 8. The van der Waals surface area contributed by atoms with Crippen LogP contribution in [0.5, 0.6) is 0 Å². The normalized spacial score (nSPS) is 12.4. The molecule has 9 nitrogen and oxygen atoms in total. The lowest BCUT2D eigenvalue weighted by Crippen LogP contribution is -2.28. The minimum atomic E-state index is -3.84. The fourth-order valence-electron chi connectivity index (χ4n) is 2.76. The molecule has 3 rings (SSSR count). The smallest absolute Gasteiger partial charge is 0.257 e. The first-order valence-electron chi connectivity index (χ1n) is 9.33.